The van der Waals surface area contributed by atoms with Crippen LogP contribution in [0.4, 0.5) is 0 Å². The van der Waals surface area contributed by atoms with Crippen LogP contribution in [-0.2, 0) is 14.8 Å². The Hall–Kier alpha value is -1.15. The first-order chi connectivity index (χ1) is 10.4. The maximum Gasteiger partial charge on any atom is 0.338 e. The van der Waals surface area contributed by atoms with Crippen molar-refractivity contribution in [1.29, 1.82) is 0 Å². The molecule has 0 aliphatic carbocycles. The van der Waals surface area contributed by atoms with Gasteiger partial charge >= 0.3 is 5.97 Å². The van der Waals surface area contributed by atoms with Crippen LogP contribution in [-0.4, -0.2) is 52.0 Å². The van der Waals surface area contributed by atoms with Crippen LogP contribution in [0.3, 0.4) is 0 Å². The third-order valence-corrected chi connectivity index (χ3v) is 5.91. The van der Waals surface area contributed by atoms with Gasteiger partial charge < -0.3 is 10.1 Å². The Kier molecular flexibility index (Phi) is 7.01. The monoisotopic (exact) mass is 362 g/mol. The molecule has 1 heterocycles. The quantitative estimate of drug-likeness (QED) is 0.823. The predicted octanol–water partition coefficient (Wildman–Crippen LogP) is 1.58. The number of aryl methyl sites for hydroxylation is 1. The van der Waals surface area contributed by atoms with Crippen molar-refractivity contribution in [3.63, 3.8) is 0 Å². The summed E-state index contributed by atoms with van der Waals surface area (Å²) in [5.74, 6) is -0.527. The van der Waals surface area contributed by atoms with Crippen LogP contribution in [0, 0.1) is 6.92 Å². The van der Waals surface area contributed by atoms with E-state index in [0.29, 0.717) is 18.7 Å². The van der Waals surface area contributed by atoms with Crippen molar-refractivity contribution in [2.45, 2.75) is 30.7 Å². The summed E-state index contributed by atoms with van der Waals surface area (Å²) in [6.45, 7) is 2.70. The van der Waals surface area contributed by atoms with Crippen molar-refractivity contribution in [3.8, 4) is 0 Å². The Bertz CT molecular complexity index is 663. The summed E-state index contributed by atoms with van der Waals surface area (Å²) in [4.78, 5) is 11.9. The zero-order valence-electron chi connectivity index (χ0n) is 13.5. The molecule has 8 heteroatoms. The van der Waals surface area contributed by atoms with Gasteiger partial charge in [-0.3, -0.25) is 0 Å². The lowest BCUT2D eigenvalue weighted by Gasteiger charge is -2.31. The van der Waals surface area contributed by atoms with Gasteiger partial charge in [-0.05, 0) is 44.5 Å². The standard InChI is InChI=1S/C15H22N2O4S.ClH/c1-11-6-7-13(9-14(11)15(18)21-3)22(19,20)17-8-4-5-12(10-17)16-2;/h6-7,9,12,16H,4-5,8,10H2,1-3H3;1H. The van der Waals surface area contributed by atoms with E-state index in [1.807, 2.05) is 7.05 Å². The maximum absolute atomic E-state index is 12.8. The van der Waals surface area contributed by atoms with Gasteiger partial charge in [-0.25, -0.2) is 13.2 Å². The molecule has 0 bridgehead atoms. The number of carbonyl (C=O) groups is 1. The Balaban J connectivity index is 0.00000264. The van der Waals surface area contributed by atoms with Crippen LogP contribution in [0.2, 0.25) is 0 Å². The first-order valence-corrected chi connectivity index (χ1v) is 8.70. The number of carbonyl (C=O) groups excluding carboxylic acids is 1. The van der Waals surface area contributed by atoms with Crippen LogP contribution in [0.5, 0.6) is 0 Å². The fourth-order valence-electron chi connectivity index (χ4n) is 2.64. The molecule has 0 spiro atoms. The van der Waals surface area contributed by atoms with E-state index in [4.69, 9.17) is 4.74 Å². The molecule has 0 amide bonds. The number of esters is 1. The number of sulfonamides is 1. The Morgan fingerprint density at radius 1 is 1.39 bits per heavy atom. The van der Waals surface area contributed by atoms with Gasteiger partial charge in [0.05, 0.1) is 17.6 Å². The third kappa shape index (κ3) is 4.23. The van der Waals surface area contributed by atoms with E-state index in [2.05, 4.69) is 5.32 Å². The minimum absolute atomic E-state index is 0. The Labute approximate surface area is 143 Å². The molecule has 0 radical (unpaired) electrons. The summed E-state index contributed by atoms with van der Waals surface area (Å²) in [7, 11) is -0.482. The highest BCUT2D eigenvalue weighted by Gasteiger charge is 2.30. The normalized spacial score (nSPS) is 19.0. The number of hydrogen-bond acceptors (Lipinski definition) is 5. The zero-order chi connectivity index (χ0) is 16.3. The number of likely N-dealkylation sites (N-methyl/N-ethyl adjacent to an activating group) is 1. The Morgan fingerprint density at radius 3 is 2.70 bits per heavy atom. The lowest BCUT2D eigenvalue weighted by atomic mass is 10.1. The summed E-state index contributed by atoms with van der Waals surface area (Å²) in [5.41, 5.74) is 0.975. The molecule has 0 aromatic heterocycles. The smallest absolute Gasteiger partial charge is 0.338 e. The van der Waals surface area contributed by atoms with E-state index in [-0.39, 0.29) is 28.9 Å². The van der Waals surface area contributed by atoms with Gasteiger partial charge in [-0.1, -0.05) is 6.07 Å². The molecular weight excluding hydrogens is 340 g/mol. The SMILES string of the molecule is CNC1CCCN(S(=O)(=O)c2ccc(C)c(C(=O)OC)c2)C1.Cl. The van der Waals surface area contributed by atoms with Crippen molar-refractivity contribution < 1.29 is 17.9 Å². The molecular formula is C15H23ClN2O4S. The summed E-state index contributed by atoms with van der Waals surface area (Å²) >= 11 is 0. The van der Waals surface area contributed by atoms with Gasteiger partial charge in [0, 0.05) is 19.1 Å². The molecule has 130 valence electrons. The molecule has 2 rings (SSSR count). The molecule has 23 heavy (non-hydrogen) atoms. The van der Waals surface area contributed by atoms with Gasteiger partial charge in [0.1, 0.15) is 0 Å². The third-order valence-electron chi connectivity index (χ3n) is 4.04. The van der Waals surface area contributed by atoms with Crippen LogP contribution >= 0.6 is 12.4 Å². The van der Waals surface area contributed by atoms with E-state index in [0.717, 1.165) is 12.8 Å². The average Bonchev–Trinajstić information content (AvgIpc) is 2.54. The minimum Gasteiger partial charge on any atom is -0.465 e. The molecule has 1 aliphatic heterocycles. The van der Waals surface area contributed by atoms with E-state index < -0.39 is 16.0 Å². The molecule has 1 unspecified atom stereocenters. The largest absolute Gasteiger partial charge is 0.465 e. The number of benzene rings is 1. The topological polar surface area (TPSA) is 75.7 Å². The fourth-order valence-corrected chi connectivity index (χ4v) is 4.19. The second-order valence-electron chi connectivity index (χ2n) is 5.46. The lowest BCUT2D eigenvalue weighted by molar-refractivity contribution is 0.0599. The first kappa shape index (κ1) is 19.9. The molecule has 1 saturated heterocycles. The van der Waals surface area contributed by atoms with Crippen LogP contribution in [0.1, 0.15) is 28.8 Å². The molecule has 1 atom stereocenters. The number of ether oxygens (including phenoxy) is 1. The van der Waals surface area contributed by atoms with Crippen LogP contribution in [0.15, 0.2) is 23.1 Å². The van der Waals surface area contributed by atoms with Crippen LogP contribution < -0.4 is 5.32 Å². The summed E-state index contributed by atoms with van der Waals surface area (Å²) in [6, 6.07) is 4.74. The lowest BCUT2D eigenvalue weighted by Crippen LogP contribution is -2.46. The molecule has 1 aromatic rings. The second kappa shape index (κ2) is 8.10. The van der Waals surface area contributed by atoms with E-state index in [1.54, 1.807) is 19.1 Å². The Morgan fingerprint density at radius 2 is 2.09 bits per heavy atom. The zero-order valence-corrected chi connectivity index (χ0v) is 15.2. The van der Waals surface area contributed by atoms with Gasteiger partial charge in [0.2, 0.25) is 10.0 Å². The number of nitrogens with zero attached hydrogens (tertiary/aromatic N) is 1. The number of nitrogens with one attached hydrogen (secondary N) is 1. The molecule has 0 saturated carbocycles. The van der Waals surface area contributed by atoms with Crippen molar-refractivity contribution in [3.05, 3.63) is 29.3 Å². The highest BCUT2D eigenvalue weighted by molar-refractivity contribution is 7.89. The van der Waals surface area contributed by atoms with E-state index >= 15 is 0 Å². The maximum atomic E-state index is 12.8. The van der Waals surface area contributed by atoms with Crippen LogP contribution in [0.25, 0.3) is 0 Å². The van der Waals surface area contributed by atoms with Crippen molar-refractivity contribution in [2.75, 3.05) is 27.2 Å². The van der Waals surface area contributed by atoms with Gasteiger partial charge in [0.15, 0.2) is 0 Å². The molecule has 1 fully saturated rings. The summed E-state index contributed by atoms with van der Waals surface area (Å²) in [6.07, 6.45) is 1.78. The van der Waals surface area contributed by atoms with E-state index in [1.165, 1.54) is 17.5 Å². The molecule has 6 nitrogen and oxygen atoms in total. The summed E-state index contributed by atoms with van der Waals surface area (Å²) in [5, 5.41) is 3.13. The highest BCUT2D eigenvalue weighted by atomic mass is 35.5. The summed E-state index contributed by atoms with van der Waals surface area (Å²) < 4.78 is 31.7. The van der Waals surface area contributed by atoms with Gasteiger partial charge in [-0.2, -0.15) is 4.31 Å². The van der Waals surface area contributed by atoms with Gasteiger partial charge in [0.25, 0.3) is 0 Å². The minimum atomic E-state index is -3.60. The number of methoxy groups -OCH3 is 1. The second-order valence-corrected chi connectivity index (χ2v) is 7.40. The number of rotatable bonds is 4. The van der Waals surface area contributed by atoms with Crippen molar-refractivity contribution >= 4 is 28.4 Å². The molecule has 1 aliphatic rings. The molecule has 1 N–H and O–H groups in total. The fraction of sp³-hybridized carbons (Fsp3) is 0.533. The number of halogens is 1. The predicted molar refractivity (Wildman–Crippen MR) is 90.6 cm³/mol. The van der Waals surface area contributed by atoms with Crippen molar-refractivity contribution in [1.82, 2.24) is 9.62 Å². The van der Waals surface area contributed by atoms with E-state index in [9.17, 15) is 13.2 Å². The number of piperidine rings is 1. The van der Waals surface area contributed by atoms with Gasteiger partial charge in [-0.15, -0.1) is 12.4 Å². The highest BCUT2D eigenvalue weighted by Crippen LogP contribution is 2.23. The average molecular weight is 363 g/mol. The molecule has 1 aromatic carbocycles. The first-order valence-electron chi connectivity index (χ1n) is 7.26. The number of hydrogen-bond donors (Lipinski definition) is 1. The van der Waals surface area contributed by atoms with Crippen molar-refractivity contribution in [2.24, 2.45) is 0 Å².